The number of allylic oxidation sites excluding steroid dienone is 2. The molecule has 0 spiro atoms. The van der Waals surface area contributed by atoms with E-state index in [0.29, 0.717) is 11.4 Å². The fourth-order valence-corrected chi connectivity index (χ4v) is 4.76. The third-order valence-electron chi connectivity index (χ3n) is 6.47. The van der Waals surface area contributed by atoms with Crippen molar-refractivity contribution in [1.29, 1.82) is 0 Å². The van der Waals surface area contributed by atoms with Crippen LogP contribution in [0, 0.1) is 5.92 Å². The monoisotopic (exact) mass is 578 g/mol. The molecule has 222 valence electrons. The minimum atomic E-state index is -1.06. The number of benzene rings is 1. The zero-order valence-electron chi connectivity index (χ0n) is 24.4. The Bertz CT molecular complexity index is 1050. The number of esters is 2. The van der Waals surface area contributed by atoms with E-state index >= 15 is 0 Å². The van der Waals surface area contributed by atoms with Crippen LogP contribution >= 0.6 is 11.6 Å². The summed E-state index contributed by atoms with van der Waals surface area (Å²) in [5.74, 6) is -1.21. The molecule has 2 rings (SSSR count). The molecule has 1 aromatic rings. The number of nitrogens with zero attached hydrogens (tertiary/aromatic N) is 1. The maximum atomic E-state index is 13.4. The fourth-order valence-electron chi connectivity index (χ4n) is 4.56. The van der Waals surface area contributed by atoms with Crippen LogP contribution in [0.1, 0.15) is 78.7 Å². The van der Waals surface area contributed by atoms with Gasteiger partial charge in [0.2, 0.25) is 5.91 Å². The summed E-state index contributed by atoms with van der Waals surface area (Å²) >= 11 is 6.16. The van der Waals surface area contributed by atoms with Gasteiger partial charge in [0.15, 0.2) is 0 Å². The molecule has 1 aliphatic rings. The van der Waals surface area contributed by atoms with Gasteiger partial charge in [-0.1, -0.05) is 35.9 Å². The number of nitrogens with one attached hydrogen (secondary N) is 1. The van der Waals surface area contributed by atoms with Gasteiger partial charge in [-0.15, -0.1) is 0 Å². The summed E-state index contributed by atoms with van der Waals surface area (Å²) in [4.78, 5) is 51.9. The van der Waals surface area contributed by atoms with Gasteiger partial charge in [-0.2, -0.15) is 0 Å². The SMILES string of the molecule is CCOC(=O)CC(CC1C=CC(c2cccc(Cl)c2)CC1)NC(=O)C(C)N(CC(=O)OCC)C(=O)OC(C)(C)C. The van der Waals surface area contributed by atoms with Crippen molar-refractivity contribution in [3.05, 3.63) is 47.0 Å². The molecule has 0 aliphatic heterocycles. The Kier molecular flexibility index (Phi) is 13.0. The summed E-state index contributed by atoms with van der Waals surface area (Å²) < 4.78 is 15.6. The minimum Gasteiger partial charge on any atom is -0.466 e. The smallest absolute Gasteiger partial charge is 0.411 e. The Morgan fingerprint density at radius 1 is 1.05 bits per heavy atom. The van der Waals surface area contributed by atoms with Gasteiger partial charge in [-0.3, -0.25) is 19.3 Å². The Morgan fingerprint density at radius 2 is 1.73 bits per heavy atom. The first-order chi connectivity index (χ1) is 18.8. The molecule has 0 saturated carbocycles. The van der Waals surface area contributed by atoms with Crippen LogP contribution in [0.25, 0.3) is 0 Å². The predicted octanol–water partition coefficient (Wildman–Crippen LogP) is 5.41. The van der Waals surface area contributed by atoms with E-state index in [2.05, 4.69) is 23.5 Å². The van der Waals surface area contributed by atoms with Crippen molar-refractivity contribution in [1.82, 2.24) is 10.2 Å². The summed E-state index contributed by atoms with van der Waals surface area (Å²) in [5, 5.41) is 3.61. The molecule has 0 fully saturated rings. The lowest BCUT2D eigenvalue weighted by Crippen LogP contribution is -2.53. The van der Waals surface area contributed by atoms with Gasteiger partial charge < -0.3 is 19.5 Å². The first-order valence-electron chi connectivity index (χ1n) is 13.9. The van der Waals surface area contributed by atoms with Crippen LogP contribution in [0.4, 0.5) is 4.79 Å². The second-order valence-electron chi connectivity index (χ2n) is 10.9. The molecule has 40 heavy (non-hydrogen) atoms. The number of amides is 2. The Balaban J connectivity index is 2.16. The molecule has 0 heterocycles. The van der Waals surface area contributed by atoms with E-state index in [0.717, 1.165) is 23.3 Å². The predicted molar refractivity (Wildman–Crippen MR) is 153 cm³/mol. The maximum Gasteiger partial charge on any atom is 0.411 e. The number of rotatable bonds is 12. The Morgan fingerprint density at radius 3 is 2.30 bits per heavy atom. The molecular weight excluding hydrogens is 536 g/mol. The number of carbonyl (C=O) groups is 4. The highest BCUT2D eigenvalue weighted by Crippen LogP contribution is 2.33. The van der Waals surface area contributed by atoms with Crippen molar-refractivity contribution in [2.24, 2.45) is 5.92 Å². The van der Waals surface area contributed by atoms with Gasteiger partial charge in [-0.05, 0) is 84.4 Å². The molecule has 0 saturated heterocycles. The van der Waals surface area contributed by atoms with Crippen LogP contribution in [0.2, 0.25) is 5.02 Å². The zero-order valence-corrected chi connectivity index (χ0v) is 25.2. The van der Waals surface area contributed by atoms with Crippen molar-refractivity contribution in [3.63, 3.8) is 0 Å². The molecule has 1 aromatic carbocycles. The van der Waals surface area contributed by atoms with E-state index < -0.39 is 48.2 Å². The highest BCUT2D eigenvalue weighted by molar-refractivity contribution is 6.30. The normalized spacial score (nSPS) is 18.3. The third kappa shape index (κ3) is 11.2. The lowest BCUT2D eigenvalue weighted by molar-refractivity contribution is -0.145. The van der Waals surface area contributed by atoms with Crippen molar-refractivity contribution >= 4 is 35.5 Å². The van der Waals surface area contributed by atoms with Gasteiger partial charge in [0.1, 0.15) is 18.2 Å². The first-order valence-corrected chi connectivity index (χ1v) is 14.3. The molecule has 10 heteroatoms. The number of carbonyl (C=O) groups excluding carboxylic acids is 4. The standard InChI is InChI=1S/C30H43ClN2O7/c1-7-38-26(34)18-25(16-21-12-14-22(15-13-21)23-10-9-11-24(31)17-23)32-28(36)20(3)33(19-27(35)39-8-2)29(37)40-30(4,5)6/h9-12,14,17,20-22,25H,7-8,13,15-16,18-19H2,1-6H3,(H,32,36). The third-order valence-corrected chi connectivity index (χ3v) is 6.71. The van der Waals surface area contributed by atoms with Crippen molar-refractivity contribution in [3.8, 4) is 0 Å². The van der Waals surface area contributed by atoms with E-state index in [1.165, 1.54) is 6.92 Å². The largest absolute Gasteiger partial charge is 0.466 e. The van der Waals surface area contributed by atoms with Gasteiger partial charge in [0.05, 0.1) is 19.6 Å². The molecular formula is C30H43ClN2O7. The topological polar surface area (TPSA) is 111 Å². The Hall–Kier alpha value is -3.07. The van der Waals surface area contributed by atoms with Crippen LogP contribution in [-0.2, 0) is 28.6 Å². The average Bonchev–Trinajstić information content (AvgIpc) is 2.86. The molecule has 4 atom stereocenters. The molecule has 9 nitrogen and oxygen atoms in total. The lowest BCUT2D eigenvalue weighted by Gasteiger charge is -2.32. The van der Waals surface area contributed by atoms with E-state index in [-0.39, 0.29) is 31.5 Å². The highest BCUT2D eigenvalue weighted by atomic mass is 35.5. The van der Waals surface area contributed by atoms with Gasteiger partial charge >= 0.3 is 18.0 Å². The fraction of sp³-hybridized carbons (Fsp3) is 0.600. The van der Waals surface area contributed by atoms with Crippen LogP contribution in [-0.4, -0.2) is 66.3 Å². The zero-order chi connectivity index (χ0) is 29.9. The van der Waals surface area contributed by atoms with E-state index in [1.807, 2.05) is 18.2 Å². The van der Waals surface area contributed by atoms with Gasteiger partial charge in [0.25, 0.3) is 0 Å². The quantitative estimate of drug-likeness (QED) is 0.201. The summed E-state index contributed by atoms with van der Waals surface area (Å²) in [5.41, 5.74) is 0.319. The highest BCUT2D eigenvalue weighted by Gasteiger charge is 2.33. The molecule has 4 unspecified atom stereocenters. The minimum absolute atomic E-state index is 0.0152. The second kappa shape index (κ2) is 15.6. The average molecular weight is 579 g/mol. The van der Waals surface area contributed by atoms with Crippen molar-refractivity contribution < 1.29 is 33.4 Å². The number of hydrogen-bond donors (Lipinski definition) is 1. The van der Waals surface area contributed by atoms with Crippen LogP contribution < -0.4 is 5.32 Å². The van der Waals surface area contributed by atoms with E-state index in [4.69, 9.17) is 25.8 Å². The van der Waals surface area contributed by atoms with Crippen molar-refractivity contribution in [2.45, 2.75) is 90.8 Å². The van der Waals surface area contributed by atoms with Gasteiger partial charge in [0, 0.05) is 17.0 Å². The van der Waals surface area contributed by atoms with E-state index in [1.54, 1.807) is 34.6 Å². The van der Waals surface area contributed by atoms with Crippen LogP contribution in [0.15, 0.2) is 36.4 Å². The molecule has 2 amide bonds. The van der Waals surface area contributed by atoms with Crippen molar-refractivity contribution in [2.75, 3.05) is 19.8 Å². The van der Waals surface area contributed by atoms with Gasteiger partial charge in [-0.25, -0.2) is 4.79 Å². The molecule has 0 bridgehead atoms. The van der Waals surface area contributed by atoms with Crippen LogP contribution in [0.5, 0.6) is 0 Å². The maximum absolute atomic E-state index is 13.4. The number of halogens is 1. The Labute approximate surface area is 242 Å². The lowest BCUT2D eigenvalue weighted by atomic mass is 9.81. The number of hydrogen-bond acceptors (Lipinski definition) is 7. The summed E-state index contributed by atoms with van der Waals surface area (Å²) in [6, 6.07) is 6.22. The summed E-state index contributed by atoms with van der Waals surface area (Å²) in [7, 11) is 0. The molecule has 1 N–H and O–H groups in total. The summed E-state index contributed by atoms with van der Waals surface area (Å²) in [6.45, 7) is 9.89. The number of ether oxygens (including phenoxy) is 3. The van der Waals surface area contributed by atoms with Crippen LogP contribution in [0.3, 0.4) is 0 Å². The molecule has 0 aromatic heterocycles. The molecule has 0 radical (unpaired) electrons. The van der Waals surface area contributed by atoms with E-state index in [9.17, 15) is 19.2 Å². The molecule has 1 aliphatic carbocycles. The first kappa shape index (κ1) is 33.1. The second-order valence-corrected chi connectivity index (χ2v) is 11.4. The summed E-state index contributed by atoms with van der Waals surface area (Å²) in [6.07, 6.45) is 5.73.